The van der Waals surface area contributed by atoms with Crippen LogP contribution < -0.4 is 4.74 Å². The van der Waals surface area contributed by atoms with Crippen molar-refractivity contribution in [1.82, 2.24) is 4.90 Å². The molecule has 0 saturated carbocycles. The van der Waals surface area contributed by atoms with Crippen molar-refractivity contribution >= 4 is 5.97 Å². The average Bonchev–Trinajstić information content (AvgIpc) is 2.95. The number of nitrogens with zero attached hydrogens (tertiary/aromatic N) is 1. The smallest absolute Gasteiger partial charge is 0.373 e. The summed E-state index contributed by atoms with van der Waals surface area (Å²) in [6, 6.07) is 11.4. The summed E-state index contributed by atoms with van der Waals surface area (Å²) in [5, 5.41) is 0. The lowest BCUT2D eigenvalue weighted by Gasteiger charge is -2.15. The molecule has 0 radical (unpaired) electrons. The molecule has 0 saturated heterocycles. The fourth-order valence-corrected chi connectivity index (χ4v) is 2.04. The van der Waals surface area contributed by atoms with Crippen LogP contribution in [0.4, 0.5) is 0 Å². The Morgan fingerprint density at radius 2 is 2.09 bits per heavy atom. The van der Waals surface area contributed by atoms with Crippen LogP contribution in [0.15, 0.2) is 40.8 Å². The van der Waals surface area contributed by atoms with Gasteiger partial charge in [-0.3, -0.25) is 4.90 Å². The molecule has 5 heteroatoms. The molecule has 1 aromatic carbocycles. The summed E-state index contributed by atoms with van der Waals surface area (Å²) in [4.78, 5) is 13.4. The van der Waals surface area contributed by atoms with Crippen molar-refractivity contribution < 1.29 is 18.7 Å². The fraction of sp³-hybridized carbons (Fsp3) is 0.353. The van der Waals surface area contributed by atoms with E-state index in [0.717, 1.165) is 18.1 Å². The van der Waals surface area contributed by atoms with Gasteiger partial charge in [0.2, 0.25) is 5.76 Å². The van der Waals surface area contributed by atoms with Crippen LogP contribution in [0.3, 0.4) is 0 Å². The van der Waals surface area contributed by atoms with E-state index in [4.69, 9.17) is 9.15 Å². The molecule has 5 nitrogen and oxygen atoms in total. The van der Waals surface area contributed by atoms with E-state index < -0.39 is 5.97 Å². The van der Waals surface area contributed by atoms with Crippen LogP contribution in [0.25, 0.3) is 0 Å². The van der Waals surface area contributed by atoms with Crippen LogP contribution in [-0.4, -0.2) is 38.2 Å². The largest absolute Gasteiger partial charge is 0.492 e. The van der Waals surface area contributed by atoms with Crippen molar-refractivity contribution in [1.29, 1.82) is 0 Å². The molecule has 0 atom stereocenters. The van der Waals surface area contributed by atoms with Crippen molar-refractivity contribution in [3.8, 4) is 5.75 Å². The Balaban J connectivity index is 1.77. The summed E-state index contributed by atoms with van der Waals surface area (Å²) >= 11 is 0. The van der Waals surface area contributed by atoms with Crippen LogP contribution in [-0.2, 0) is 11.3 Å². The van der Waals surface area contributed by atoms with E-state index in [0.29, 0.717) is 13.2 Å². The molecule has 0 aliphatic carbocycles. The van der Waals surface area contributed by atoms with Gasteiger partial charge in [0.25, 0.3) is 0 Å². The lowest BCUT2D eigenvalue weighted by atomic mass is 10.2. The Bertz CT molecular complexity index is 621. The van der Waals surface area contributed by atoms with Crippen molar-refractivity contribution in [2.45, 2.75) is 13.5 Å². The monoisotopic (exact) mass is 303 g/mol. The van der Waals surface area contributed by atoms with Crippen LogP contribution in [0.2, 0.25) is 0 Å². The van der Waals surface area contributed by atoms with Crippen LogP contribution in [0.5, 0.6) is 5.75 Å². The zero-order valence-corrected chi connectivity index (χ0v) is 13.2. The van der Waals surface area contributed by atoms with Gasteiger partial charge in [0.1, 0.15) is 18.1 Å². The molecule has 1 aromatic heterocycles. The first-order valence-corrected chi connectivity index (χ1v) is 7.13. The first kappa shape index (κ1) is 16.1. The fourth-order valence-electron chi connectivity index (χ4n) is 2.04. The maximum absolute atomic E-state index is 11.3. The molecule has 118 valence electrons. The lowest BCUT2D eigenvalue weighted by molar-refractivity contribution is 0.0561. The molecule has 0 bridgehead atoms. The maximum atomic E-state index is 11.3. The Kier molecular flexibility index (Phi) is 5.61. The number of likely N-dealkylation sites (N-methyl/N-ethyl adjacent to an activating group) is 1. The molecule has 2 rings (SSSR count). The van der Waals surface area contributed by atoms with Crippen LogP contribution in [0.1, 0.15) is 21.9 Å². The van der Waals surface area contributed by atoms with E-state index in [1.165, 1.54) is 12.7 Å². The third-order valence-corrected chi connectivity index (χ3v) is 3.21. The van der Waals surface area contributed by atoms with Gasteiger partial charge in [-0.1, -0.05) is 12.1 Å². The molecule has 0 aliphatic rings. The molecule has 1 heterocycles. The highest BCUT2D eigenvalue weighted by Crippen LogP contribution is 2.13. The topological polar surface area (TPSA) is 51.9 Å². The molecule has 2 aromatic rings. The molecule has 0 spiro atoms. The van der Waals surface area contributed by atoms with Gasteiger partial charge in [0.15, 0.2) is 0 Å². The van der Waals surface area contributed by atoms with Gasteiger partial charge in [-0.25, -0.2) is 4.79 Å². The highest BCUT2D eigenvalue weighted by molar-refractivity contribution is 5.86. The van der Waals surface area contributed by atoms with E-state index in [1.54, 1.807) is 12.1 Å². The number of methoxy groups -OCH3 is 1. The number of rotatable bonds is 7. The van der Waals surface area contributed by atoms with Gasteiger partial charge in [0.05, 0.1) is 13.7 Å². The highest BCUT2D eigenvalue weighted by Gasteiger charge is 2.12. The van der Waals surface area contributed by atoms with E-state index in [-0.39, 0.29) is 5.76 Å². The van der Waals surface area contributed by atoms with Crippen molar-refractivity contribution in [3.05, 3.63) is 53.5 Å². The second kappa shape index (κ2) is 7.66. The zero-order valence-electron chi connectivity index (χ0n) is 13.2. The molecule has 0 N–H and O–H groups in total. The Hall–Kier alpha value is -2.27. The molecule has 0 amide bonds. The number of hydrogen-bond acceptors (Lipinski definition) is 5. The number of aryl methyl sites for hydroxylation is 1. The van der Waals surface area contributed by atoms with Crippen LogP contribution in [0, 0.1) is 6.92 Å². The van der Waals surface area contributed by atoms with Gasteiger partial charge < -0.3 is 13.9 Å². The van der Waals surface area contributed by atoms with E-state index in [2.05, 4.69) is 9.64 Å². The second-order valence-electron chi connectivity index (χ2n) is 5.16. The summed E-state index contributed by atoms with van der Waals surface area (Å²) in [5.41, 5.74) is 1.18. The number of ether oxygens (including phenoxy) is 2. The minimum absolute atomic E-state index is 0.224. The van der Waals surface area contributed by atoms with E-state index >= 15 is 0 Å². The van der Waals surface area contributed by atoms with E-state index in [9.17, 15) is 4.79 Å². The third-order valence-electron chi connectivity index (χ3n) is 3.21. The summed E-state index contributed by atoms with van der Waals surface area (Å²) in [7, 11) is 3.30. The predicted octanol–water partition coefficient (Wildman–Crippen LogP) is 2.89. The van der Waals surface area contributed by atoms with Gasteiger partial charge in [-0.15, -0.1) is 0 Å². The SMILES string of the molecule is COC(=O)c1ccc(CN(C)CCOc2cccc(C)c2)o1. The second-order valence-corrected chi connectivity index (χ2v) is 5.16. The predicted molar refractivity (Wildman–Crippen MR) is 83.1 cm³/mol. The average molecular weight is 303 g/mol. The number of carbonyl (C=O) groups excluding carboxylic acids is 1. The van der Waals surface area contributed by atoms with Gasteiger partial charge >= 0.3 is 5.97 Å². The summed E-state index contributed by atoms with van der Waals surface area (Å²) < 4.78 is 15.8. The normalized spacial score (nSPS) is 10.7. The highest BCUT2D eigenvalue weighted by atomic mass is 16.5. The molecule has 22 heavy (non-hydrogen) atoms. The summed E-state index contributed by atoms with van der Waals surface area (Å²) in [6.45, 7) is 3.98. The van der Waals surface area contributed by atoms with Gasteiger partial charge in [-0.05, 0) is 43.8 Å². The Morgan fingerprint density at radius 1 is 1.27 bits per heavy atom. The molecule has 0 unspecified atom stereocenters. The summed E-state index contributed by atoms with van der Waals surface area (Å²) in [5.74, 6) is 1.36. The minimum Gasteiger partial charge on any atom is -0.492 e. The molecule has 0 aliphatic heterocycles. The van der Waals surface area contributed by atoms with Crippen molar-refractivity contribution in [2.24, 2.45) is 0 Å². The quantitative estimate of drug-likeness (QED) is 0.736. The van der Waals surface area contributed by atoms with Gasteiger partial charge in [0, 0.05) is 6.54 Å². The van der Waals surface area contributed by atoms with Crippen molar-refractivity contribution in [3.63, 3.8) is 0 Å². The van der Waals surface area contributed by atoms with E-state index in [1.807, 2.05) is 38.2 Å². The number of benzene rings is 1. The van der Waals surface area contributed by atoms with Crippen LogP contribution >= 0.6 is 0 Å². The number of carbonyl (C=O) groups is 1. The molecular formula is C17H21NO4. The van der Waals surface area contributed by atoms with Gasteiger partial charge in [-0.2, -0.15) is 0 Å². The first-order valence-electron chi connectivity index (χ1n) is 7.13. The molecular weight excluding hydrogens is 282 g/mol. The number of esters is 1. The Morgan fingerprint density at radius 3 is 2.82 bits per heavy atom. The maximum Gasteiger partial charge on any atom is 0.373 e. The van der Waals surface area contributed by atoms with Crippen molar-refractivity contribution in [2.75, 3.05) is 27.3 Å². The zero-order chi connectivity index (χ0) is 15.9. The number of hydrogen-bond donors (Lipinski definition) is 0. The third kappa shape index (κ3) is 4.63. The Labute approximate surface area is 130 Å². The standard InChI is InChI=1S/C17H21NO4/c1-13-5-4-6-14(11-13)21-10-9-18(2)12-15-7-8-16(22-15)17(19)20-3/h4-8,11H,9-10,12H2,1-3H3. The number of furan rings is 1. The summed E-state index contributed by atoms with van der Waals surface area (Å²) in [6.07, 6.45) is 0. The minimum atomic E-state index is -0.461. The lowest BCUT2D eigenvalue weighted by Crippen LogP contribution is -2.23. The first-order chi connectivity index (χ1) is 10.6. The molecule has 0 fully saturated rings.